The molecule has 0 radical (unpaired) electrons. The van der Waals surface area contributed by atoms with Crippen LogP contribution in [-0.4, -0.2) is 27.2 Å². The minimum absolute atomic E-state index is 0.0684. The van der Waals surface area contributed by atoms with Crippen LogP contribution in [0.15, 0.2) is 18.2 Å². The van der Waals surface area contributed by atoms with E-state index in [1.165, 1.54) is 7.11 Å². The number of carbonyl (C=O) groups is 1. The molecule has 0 aliphatic rings. The molecule has 1 N–H and O–H groups in total. The third-order valence-corrected chi connectivity index (χ3v) is 4.10. The number of carbonyl (C=O) groups excluding carboxylic acids is 1. The Bertz CT molecular complexity index is 557. The summed E-state index contributed by atoms with van der Waals surface area (Å²) in [7, 11) is -2.25. The standard InChI is InChI=1S/C12H16ClNO4S/c1-9-5-6-10(13)11(8-9)14-19(16,17)7-3-4-12(15)18-2/h5-6,8,14H,3-4,7H2,1-2H3. The van der Waals surface area contributed by atoms with Gasteiger partial charge in [0.25, 0.3) is 0 Å². The highest BCUT2D eigenvalue weighted by Gasteiger charge is 2.13. The van der Waals surface area contributed by atoms with E-state index in [0.29, 0.717) is 10.7 Å². The monoisotopic (exact) mass is 305 g/mol. The lowest BCUT2D eigenvalue weighted by atomic mass is 10.2. The summed E-state index contributed by atoms with van der Waals surface area (Å²) in [6.07, 6.45) is 0.268. The van der Waals surface area contributed by atoms with Gasteiger partial charge >= 0.3 is 5.97 Å². The molecule has 7 heteroatoms. The molecule has 1 rings (SSSR count). The van der Waals surface area contributed by atoms with Crippen molar-refractivity contribution in [3.8, 4) is 0 Å². The Morgan fingerprint density at radius 3 is 2.74 bits per heavy atom. The summed E-state index contributed by atoms with van der Waals surface area (Å²) in [5.74, 6) is -0.587. The summed E-state index contributed by atoms with van der Waals surface area (Å²) in [5, 5.41) is 0.335. The zero-order chi connectivity index (χ0) is 14.5. The number of hydrogen-bond acceptors (Lipinski definition) is 4. The number of benzene rings is 1. The first kappa shape index (κ1) is 15.8. The van der Waals surface area contributed by atoms with Crippen LogP contribution in [0.4, 0.5) is 5.69 Å². The summed E-state index contributed by atoms with van der Waals surface area (Å²) in [5.41, 5.74) is 1.25. The Kier molecular flexibility index (Phi) is 5.62. The van der Waals surface area contributed by atoms with Gasteiger partial charge in [-0.25, -0.2) is 8.42 Å². The topological polar surface area (TPSA) is 72.5 Å². The van der Waals surface area contributed by atoms with Crippen molar-refractivity contribution < 1.29 is 17.9 Å². The normalized spacial score (nSPS) is 11.1. The first-order valence-corrected chi connectivity index (χ1v) is 7.70. The predicted molar refractivity (Wildman–Crippen MR) is 74.8 cm³/mol. The minimum atomic E-state index is -3.52. The number of sulfonamides is 1. The second kappa shape index (κ2) is 6.77. The zero-order valence-electron chi connectivity index (χ0n) is 10.8. The molecule has 0 aliphatic carbocycles. The molecule has 0 atom stereocenters. The van der Waals surface area contributed by atoms with Gasteiger partial charge in [-0.3, -0.25) is 9.52 Å². The second-order valence-electron chi connectivity index (χ2n) is 4.08. The highest BCUT2D eigenvalue weighted by Crippen LogP contribution is 2.23. The number of anilines is 1. The molecule has 1 aromatic carbocycles. The quantitative estimate of drug-likeness (QED) is 0.819. The molecule has 5 nitrogen and oxygen atoms in total. The SMILES string of the molecule is COC(=O)CCCS(=O)(=O)Nc1cc(C)ccc1Cl. The largest absolute Gasteiger partial charge is 0.469 e. The maximum atomic E-state index is 11.8. The van der Waals surface area contributed by atoms with E-state index >= 15 is 0 Å². The average molecular weight is 306 g/mol. The molecular formula is C12H16ClNO4S. The molecule has 0 bridgehead atoms. The van der Waals surface area contributed by atoms with E-state index in [1.807, 2.05) is 6.92 Å². The molecule has 0 saturated carbocycles. The maximum absolute atomic E-state index is 11.8. The van der Waals surface area contributed by atoms with Crippen LogP contribution in [0.2, 0.25) is 5.02 Å². The zero-order valence-corrected chi connectivity index (χ0v) is 12.3. The Morgan fingerprint density at radius 2 is 2.11 bits per heavy atom. The first-order valence-electron chi connectivity index (χ1n) is 5.67. The Labute approximate surface area is 118 Å². The smallest absolute Gasteiger partial charge is 0.305 e. The van der Waals surface area contributed by atoms with Crippen LogP contribution in [0.3, 0.4) is 0 Å². The van der Waals surface area contributed by atoms with Crippen LogP contribution in [0.5, 0.6) is 0 Å². The van der Waals surface area contributed by atoms with Crippen molar-refractivity contribution in [2.24, 2.45) is 0 Å². The van der Waals surface area contributed by atoms with E-state index in [0.717, 1.165) is 5.56 Å². The molecule has 106 valence electrons. The van der Waals surface area contributed by atoms with Gasteiger partial charge < -0.3 is 4.74 Å². The number of nitrogens with one attached hydrogen (secondary N) is 1. The van der Waals surface area contributed by atoms with Crippen LogP contribution in [0.1, 0.15) is 18.4 Å². The van der Waals surface area contributed by atoms with Crippen molar-refractivity contribution in [1.29, 1.82) is 0 Å². The summed E-state index contributed by atoms with van der Waals surface area (Å²) in [6.45, 7) is 1.84. The van der Waals surface area contributed by atoms with E-state index in [-0.39, 0.29) is 18.6 Å². The molecule has 0 heterocycles. The molecule has 0 amide bonds. The van der Waals surface area contributed by atoms with Gasteiger partial charge in [0.2, 0.25) is 10.0 Å². The van der Waals surface area contributed by atoms with Gasteiger partial charge in [0.15, 0.2) is 0 Å². The highest BCUT2D eigenvalue weighted by atomic mass is 35.5. The van der Waals surface area contributed by atoms with E-state index in [2.05, 4.69) is 9.46 Å². The van der Waals surface area contributed by atoms with Gasteiger partial charge in [0, 0.05) is 6.42 Å². The molecule has 1 aromatic rings. The second-order valence-corrected chi connectivity index (χ2v) is 6.33. The lowest BCUT2D eigenvalue weighted by Gasteiger charge is -2.10. The molecule has 19 heavy (non-hydrogen) atoms. The summed E-state index contributed by atoms with van der Waals surface area (Å²) in [6, 6.07) is 5.07. The maximum Gasteiger partial charge on any atom is 0.305 e. The van der Waals surface area contributed by atoms with Crippen LogP contribution in [-0.2, 0) is 19.6 Å². The van der Waals surface area contributed by atoms with Gasteiger partial charge in [-0.15, -0.1) is 0 Å². The van der Waals surface area contributed by atoms with Crippen LogP contribution in [0, 0.1) is 6.92 Å². The number of methoxy groups -OCH3 is 1. The minimum Gasteiger partial charge on any atom is -0.469 e. The van der Waals surface area contributed by atoms with E-state index in [9.17, 15) is 13.2 Å². The third kappa shape index (κ3) is 5.48. The lowest BCUT2D eigenvalue weighted by molar-refractivity contribution is -0.140. The predicted octanol–water partition coefficient (Wildman–Crippen LogP) is 2.34. The van der Waals surface area contributed by atoms with Crippen molar-refractivity contribution in [2.75, 3.05) is 17.6 Å². The van der Waals surface area contributed by atoms with Crippen molar-refractivity contribution in [1.82, 2.24) is 0 Å². The van der Waals surface area contributed by atoms with E-state index in [4.69, 9.17) is 11.6 Å². The summed E-state index contributed by atoms with van der Waals surface area (Å²) < 4.78 is 30.5. The number of aryl methyl sites for hydroxylation is 1. The van der Waals surface area contributed by atoms with Crippen LogP contribution < -0.4 is 4.72 Å². The van der Waals surface area contributed by atoms with Gasteiger partial charge in [-0.1, -0.05) is 17.7 Å². The number of ether oxygens (including phenoxy) is 1. The fraction of sp³-hybridized carbons (Fsp3) is 0.417. The summed E-state index contributed by atoms with van der Waals surface area (Å²) >= 11 is 5.91. The molecule has 0 fully saturated rings. The molecule has 0 unspecified atom stereocenters. The van der Waals surface area contributed by atoms with Crippen molar-refractivity contribution >= 4 is 33.3 Å². The van der Waals surface area contributed by atoms with Crippen LogP contribution >= 0.6 is 11.6 Å². The fourth-order valence-corrected chi connectivity index (χ4v) is 2.80. The van der Waals surface area contributed by atoms with Gasteiger partial charge in [0.1, 0.15) is 0 Å². The number of halogens is 1. The molecule has 0 saturated heterocycles. The number of hydrogen-bond donors (Lipinski definition) is 1. The molecule has 0 spiro atoms. The molecular weight excluding hydrogens is 290 g/mol. The lowest BCUT2D eigenvalue weighted by Crippen LogP contribution is -2.18. The Hall–Kier alpha value is -1.27. The molecule has 0 aromatic heterocycles. The van der Waals surface area contributed by atoms with Crippen molar-refractivity contribution in [2.45, 2.75) is 19.8 Å². The third-order valence-electron chi connectivity index (χ3n) is 2.41. The number of rotatable bonds is 6. The Balaban J connectivity index is 2.64. The first-order chi connectivity index (χ1) is 8.84. The highest BCUT2D eigenvalue weighted by molar-refractivity contribution is 7.92. The fourth-order valence-electron chi connectivity index (χ4n) is 1.44. The Morgan fingerprint density at radius 1 is 1.42 bits per heavy atom. The van der Waals surface area contributed by atoms with Crippen LogP contribution in [0.25, 0.3) is 0 Å². The van der Waals surface area contributed by atoms with Crippen molar-refractivity contribution in [3.05, 3.63) is 28.8 Å². The molecule has 0 aliphatic heterocycles. The van der Waals surface area contributed by atoms with Crippen molar-refractivity contribution in [3.63, 3.8) is 0 Å². The van der Waals surface area contributed by atoms with E-state index in [1.54, 1.807) is 18.2 Å². The van der Waals surface area contributed by atoms with Gasteiger partial charge in [0.05, 0.1) is 23.6 Å². The van der Waals surface area contributed by atoms with Gasteiger partial charge in [-0.2, -0.15) is 0 Å². The van der Waals surface area contributed by atoms with Gasteiger partial charge in [-0.05, 0) is 31.0 Å². The number of esters is 1. The summed E-state index contributed by atoms with van der Waals surface area (Å²) in [4.78, 5) is 10.9. The average Bonchev–Trinajstić information content (AvgIpc) is 2.33. The van der Waals surface area contributed by atoms with E-state index < -0.39 is 16.0 Å².